The summed E-state index contributed by atoms with van der Waals surface area (Å²) in [6.45, 7) is 15.9. The second-order valence-corrected chi connectivity index (χ2v) is 6.98. The van der Waals surface area contributed by atoms with E-state index in [-0.39, 0.29) is 0 Å². The molecule has 1 aromatic carbocycles. The summed E-state index contributed by atoms with van der Waals surface area (Å²) in [6, 6.07) is 6.12. The lowest BCUT2D eigenvalue weighted by Crippen LogP contribution is -2.34. The first kappa shape index (κ1) is 18.7. The van der Waals surface area contributed by atoms with Crippen molar-refractivity contribution in [2.75, 3.05) is 0 Å². The molecule has 0 amide bonds. The molecule has 0 spiro atoms. The van der Waals surface area contributed by atoms with E-state index >= 15 is 0 Å². The van der Waals surface area contributed by atoms with Gasteiger partial charge in [-0.3, -0.25) is 0 Å². The maximum Gasteiger partial charge on any atom is 0.0874 e. The lowest BCUT2D eigenvalue weighted by molar-refractivity contribution is -0.0274. The molecule has 0 radical (unpaired) electrons. The number of rotatable bonds is 6. The van der Waals surface area contributed by atoms with Gasteiger partial charge >= 0.3 is 0 Å². The quantitative estimate of drug-likeness (QED) is 0.738. The molecule has 0 aromatic heterocycles. The molecule has 0 fully saturated rings. The van der Waals surface area contributed by atoms with Crippen molar-refractivity contribution in [2.45, 2.75) is 59.7 Å². The van der Waals surface area contributed by atoms with Gasteiger partial charge < -0.3 is 10.2 Å². The van der Waals surface area contributed by atoms with Crippen LogP contribution < -0.4 is 0 Å². The summed E-state index contributed by atoms with van der Waals surface area (Å²) < 4.78 is 0. The highest BCUT2D eigenvalue weighted by Gasteiger charge is 2.36. The number of aliphatic hydroxyl groups excluding tert-OH is 2. The van der Waals surface area contributed by atoms with E-state index in [1.54, 1.807) is 12.2 Å². The van der Waals surface area contributed by atoms with E-state index in [1.165, 1.54) is 5.56 Å². The second-order valence-electron chi connectivity index (χ2n) is 6.98. The average Bonchev–Trinajstić information content (AvgIpc) is 2.45. The monoisotopic (exact) mass is 302 g/mol. The molecule has 2 atom stereocenters. The zero-order valence-corrected chi connectivity index (χ0v) is 14.7. The molecule has 0 aliphatic rings. The fourth-order valence-electron chi connectivity index (χ4n) is 2.53. The minimum atomic E-state index is -0.772. The molecular weight excluding hydrogens is 272 g/mol. The highest BCUT2D eigenvalue weighted by atomic mass is 16.3. The van der Waals surface area contributed by atoms with Gasteiger partial charge in [0.1, 0.15) is 0 Å². The minimum Gasteiger partial charge on any atom is -0.388 e. The fourth-order valence-corrected chi connectivity index (χ4v) is 2.53. The van der Waals surface area contributed by atoms with Crippen LogP contribution >= 0.6 is 0 Å². The Balaban J connectivity index is 3.33. The Labute approximate surface area is 135 Å². The van der Waals surface area contributed by atoms with Gasteiger partial charge in [-0.1, -0.05) is 70.2 Å². The topological polar surface area (TPSA) is 40.5 Å². The van der Waals surface area contributed by atoms with Crippen LogP contribution in [0.5, 0.6) is 0 Å². The molecule has 0 aliphatic heterocycles. The van der Waals surface area contributed by atoms with Crippen molar-refractivity contribution in [1.82, 2.24) is 0 Å². The molecule has 2 nitrogen and oxygen atoms in total. The molecule has 1 aromatic rings. The third-order valence-corrected chi connectivity index (χ3v) is 4.34. The van der Waals surface area contributed by atoms with Gasteiger partial charge in [-0.05, 0) is 36.5 Å². The smallest absolute Gasteiger partial charge is 0.0874 e. The molecule has 0 unspecified atom stereocenters. The van der Waals surface area contributed by atoms with Gasteiger partial charge in [-0.15, -0.1) is 0 Å². The molecule has 2 heteroatoms. The lowest BCUT2D eigenvalue weighted by atomic mass is 9.75. The molecule has 2 N–H and O–H groups in total. The number of benzene rings is 1. The van der Waals surface area contributed by atoms with Gasteiger partial charge in [0.25, 0.3) is 0 Å². The Kier molecular flexibility index (Phi) is 6.16. The number of hydrogen-bond donors (Lipinski definition) is 2. The summed E-state index contributed by atoms with van der Waals surface area (Å²) in [4.78, 5) is 0. The van der Waals surface area contributed by atoms with E-state index in [0.29, 0.717) is 5.92 Å². The van der Waals surface area contributed by atoms with Crippen LogP contribution in [0.2, 0.25) is 0 Å². The number of hydrogen-bond acceptors (Lipinski definition) is 2. The van der Waals surface area contributed by atoms with Crippen molar-refractivity contribution in [1.29, 1.82) is 0 Å². The zero-order chi connectivity index (χ0) is 17.1. The van der Waals surface area contributed by atoms with Crippen LogP contribution in [0.1, 0.15) is 70.3 Å². The third kappa shape index (κ3) is 3.88. The van der Waals surface area contributed by atoms with Gasteiger partial charge in [0.2, 0.25) is 0 Å². The molecule has 1 rings (SSSR count). The lowest BCUT2D eigenvalue weighted by Gasteiger charge is -2.35. The summed E-state index contributed by atoms with van der Waals surface area (Å²) in [6.07, 6.45) is 2.04. The largest absolute Gasteiger partial charge is 0.388 e. The summed E-state index contributed by atoms with van der Waals surface area (Å²) in [5.41, 5.74) is 3.26. The Morgan fingerprint density at radius 3 is 2.27 bits per heavy atom. The van der Waals surface area contributed by atoms with Crippen molar-refractivity contribution >= 4 is 5.57 Å². The summed E-state index contributed by atoms with van der Waals surface area (Å²) in [5, 5.41) is 21.2. The summed E-state index contributed by atoms with van der Waals surface area (Å²) in [5.74, 6) is 0.422. The van der Waals surface area contributed by atoms with Crippen molar-refractivity contribution in [3.8, 4) is 0 Å². The van der Waals surface area contributed by atoms with Gasteiger partial charge in [-0.2, -0.15) is 0 Å². The molecule has 0 saturated heterocycles. The van der Waals surface area contributed by atoms with Crippen molar-refractivity contribution in [3.63, 3.8) is 0 Å². The first-order valence-corrected chi connectivity index (χ1v) is 7.91. The third-order valence-electron chi connectivity index (χ3n) is 4.34. The maximum absolute atomic E-state index is 10.9. The summed E-state index contributed by atoms with van der Waals surface area (Å²) >= 11 is 0. The van der Waals surface area contributed by atoms with E-state index in [2.05, 4.69) is 26.5 Å². The Hall–Kier alpha value is -1.38. The van der Waals surface area contributed by atoms with E-state index in [0.717, 1.165) is 16.7 Å². The molecule has 0 saturated carbocycles. The highest BCUT2D eigenvalue weighted by molar-refractivity contribution is 5.66. The van der Waals surface area contributed by atoms with Crippen LogP contribution in [0.15, 0.2) is 36.9 Å². The number of aliphatic hydroxyl groups is 2. The van der Waals surface area contributed by atoms with Crippen LogP contribution in [0, 0.1) is 5.41 Å². The van der Waals surface area contributed by atoms with E-state index in [1.807, 2.05) is 39.8 Å². The van der Waals surface area contributed by atoms with Crippen LogP contribution in [0.3, 0.4) is 0 Å². The molecule has 0 bridgehead atoms. The SMILES string of the molecule is C=C(C)c1cc(C(C)C)ccc1[C@@H](O)C(C)(C)[C@H](O)/C=C/C. The van der Waals surface area contributed by atoms with Gasteiger partial charge in [0.15, 0.2) is 0 Å². The van der Waals surface area contributed by atoms with Gasteiger partial charge in [0.05, 0.1) is 12.2 Å². The average molecular weight is 302 g/mol. The van der Waals surface area contributed by atoms with Gasteiger partial charge in [-0.25, -0.2) is 0 Å². The van der Waals surface area contributed by atoms with E-state index in [4.69, 9.17) is 0 Å². The first-order chi connectivity index (χ1) is 10.1. The zero-order valence-electron chi connectivity index (χ0n) is 14.7. The minimum absolute atomic E-state index is 0.422. The molecule has 22 heavy (non-hydrogen) atoms. The molecule has 122 valence electrons. The maximum atomic E-state index is 10.9. The van der Waals surface area contributed by atoms with Crippen molar-refractivity contribution < 1.29 is 10.2 Å². The molecule has 0 aliphatic carbocycles. The highest BCUT2D eigenvalue weighted by Crippen LogP contribution is 2.40. The van der Waals surface area contributed by atoms with Crippen LogP contribution in [-0.2, 0) is 0 Å². The van der Waals surface area contributed by atoms with Gasteiger partial charge in [0, 0.05) is 5.41 Å². The van der Waals surface area contributed by atoms with Crippen LogP contribution in [0.4, 0.5) is 0 Å². The van der Waals surface area contributed by atoms with E-state index < -0.39 is 17.6 Å². The molecular formula is C20H30O2. The Bertz CT molecular complexity index is 553. The second kappa shape index (κ2) is 7.26. The Morgan fingerprint density at radius 2 is 1.82 bits per heavy atom. The summed E-state index contributed by atoms with van der Waals surface area (Å²) in [7, 11) is 0. The van der Waals surface area contributed by atoms with E-state index in [9.17, 15) is 10.2 Å². The predicted molar refractivity (Wildman–Crippen MR) is 94.8 cm³/mol. The first-order valence-electron chi connectivity index (χ1n) is 7.91. The van der Waals surface area contributed by atoms with Crippen molar-refractivity contribution in [2.24, 2.45) is 5.41 Å². The van der Waals surface area contributed by atoms with Crippen LogP contribution in [0.25, 0.3) is 5.57 Å². The molecule has 0 heterocycles. The van der Waals surface area contributed by atoms with Crippen molar-refractivity contribution in [3.05, 3.63) is 53.6 Å². The van der Waals surface area contributed by atoms with Crippen LogP contribution in [-0.4, -0.2) is 16.3 Å². The number of allylic oxidation sites excluding steroid dienone is 2. The fraction of sp³-hybridized carbons (Fsp3) is 0.500. The predicted octanol–water partition coefficient (Wildman–Crippen LogP) is 4.84. The standard InChI is InChI=1S/C20H30O2/c1-8-9-18(21)20(6,7)19(22)16-11-10-15(13(2)3)12-17(16)14(4)5/h8-13,18-19,21-22H,4H2,1-3,5-7H3/b9-8+/t18-,19-/m1/s1. The Morgan fingerprint density at radius 1 is 1.23 bits per heavy atom. The normalized spacial score (nSPS) is 15.3.